The molecule has 1 aromatic rings. The number of nitrogens with zero attached hydrogens (tertiary/aromatic N) is 2. The molecule has 2 saturated heterocycles. The second kappa shape index (κ2) is 14.0. The highest BCUT2D eigenvalue weighted by Crippen LogP contribution is 2.33. The molecule has 0 aromatic heterocycles. The zero-order chi connectivity index (χ0) is 31.1. The Balaban J connectivity index is 1.12. The number of unbranched alkanes of at least 4 members (excludes halogenated alkanes) is 2. The van der Waals surface area contributed by atoms with Crippen LogP contribution >= 0.6 is 0 Å². The molecule has 1 atom stereocenters. The van der Waals surface area contributed by atoms with E-state index in [1.54, 1.807) is 6.07 Å². The highest BCUT2D eigenvalue weighted by molar-refractivity contribution is 6.24. The van der Waals surface area contributed by atoms with Gasteiger partial charge in [0.1, 0.15) is 17.4 Å². The number of amides is 6. The average Bonchev–Trinajstić information content (AvgIpc) is 3.19. The fraction of sp³-hybridized carbons (Fsp3) is 0.600. The van der Waals surface area contributed by atoms with Crippen LogP contribution in [0.5, 0.6) is 5.75 Å². The molecule has 0 spiro atoms. The smallest absolute Gasteiger partial charge is 0.407 e. The van der Waals surface area contributed by atoms with E-state index in [4.69, 9.17) is 9.47 Å². The van der Waals surface area contributed by atoms with E-state index in [0.29, 0.717) is 6.54 Å². The predicted molar refractivity (Wildman–Crippen MR) is 154 cm³/mol. The van der Waals surface area contributed by atoms with Crippen LogP contribution in [0.1, 0.15) is 86.4 Å². The summed E-state index contributed by atoms with van der Waals surface area (Å²) < 4.78 is 10.9. The number of imide groups is 2. The topological polar surface area (TPSA) is 163 Å². The van der Waals surface area contributed by atoms with E-state index in [2.05, 4.69) is 20.9 Å². The molecule has 0 bridgehead atoms. The Bertz CT molecular complexity index is 1250. The van der Waals surface area contributed by atoms with E-state index in [-0.39, 0.29) is 54.4 Å². The molecule has 3 aliphatic heterocycles. The van der Waals surface area contributed by atoms with Crippen molar-refractivity contribution in [3.05, 3.63) is 29.3 Å². The van der Waals surface area contributed by atoms with E-state index in [1.807, 2.05) is 20.8 Å². The highest BCUT2D eigenvalue weighted by Gasteiger charge is 2.46. The number of alkyl carbamates (subject to hydrolysis) is 1. The van der Waals surface area contributed by atoms with Gasteiger partial charge in [-0.05, 0) is 71.6 Å². The number of hydrogen-bond donors (Lipinski definition) is 3. The summed E-state index contributed by atoms with van der Waals surface area (Å²) in [4.78, 5) is 77.4. The van der Waals surface area contributed by atoms with Gasteiger partial charge in [0.05, 0.1) is 11.1 Å². The fourth-order valence-corrected chi connectivity index (χ4v) is 5.44. The van der Waals surface area contributed by atoms with Gasteiger partial charge in [-0.3, -0.25) is 34.2 Å². The van der Waals surface area contributed by atoms with Gasteiger partial charge in [0.2, 0.25) is 11.8 Å². The molecule has 0 saturated carbocycles. The van der Waals surface area contributed by atoms with Crippen LogP contribution in [-0.4, -0.2) is 95.9 Å². The van der Waals surface area contributed by atoms with Crippen LogP contribution in [-0.2, 0) is 19.1 Å². The predicted octanol–water partition coefficient (Wildman–Crippen LogP) is 1.74. The summed E-state index contributed by atoms with van der Waals surface area (Å²) in [5.74, 6) is -2.72. The van der Waals surface area contributed by atoms with Crippen LogP contribution in [0, 0.1) is 0 Å². The molecular weight excluding hydrogens is 558 g/mol. The van der Waals surface area contributed by atoms with Gasteiger partial charge in [0, 0.05) is 32.1 Å². The maximum absolute atomic E-state index is 13.1. The highest BCUT2D eigenvalue weighted by atomic mass is 16.6. The molecule has 1 unspecified atom stereocenters. The zero-order valence-corrected chi connectivity index (χ0v) is 25.0. The summed E-state index contributed by atoms with van der Waals surface area (Å²) in [6.07, 6.45) is 4.22. The van der Waals surface area contributed by atoms with Crippen molar-refractivity contribution in [1.82, 2.24) is 25.8 Å². The first-order valence-corrected chi connectivity index (χ1v) is 14.9. The Labute approximate surface area is 251 Å². The number of fused-ring (bicyclic) bond motifs is 1. The van der Waals surface area contributed by atoms with Gasteiger partial charge in [-0.1, -0.05) is 12.5 Å². The van der Waals surface area contributed by atoms with E-state index in [1.165, 1.54) is 12.1 Å². The number of ether oxygens (including phenoxy) is 2. The maximum atomic E-state index is 13.1. The lowest BCUT2D eigenvalue weighted by Crippen LogP contribution is -2.54. The van der Waals surface area contributed by atoms with Gasteiger partial charge in [-0.25, -0.2) is 4.79 Å². The molecule has 1 aromatic carbocycles. The van der Waals surface area contributed by atoms with Crippen molar-refractivity contribution in [2.75, 3.05) is 32.8 Å². The van der Waals surface area contributed by atoms with Gasteiger partial charge in [-0.2, -0.15) is 0 Å². The van der Waals surface area contributed by atoms with E-state index >= 15 is 0 Å². The summed E-state index contributed by atoms with van der Waals surface area (Å²) in [7, 11) is 0. The molecule has 4 rings (SSSR count). The number of likely N-dealkylation sites (tertiary alicyclic amines) is 1. The van der Waals surface area contributed by atoms with Crippen molar-refractivity contribution in [3.63, 3.8) is 0 Å². The summed E-state index contributed by atoms with van der Waals surface area (Å²) in [5.41, 5.74) is -0.407. The van der Waals surface area contributed by atoms with Crippen LogP contribution in [0.2, 0.25) is 0 Å². The standard InChI is InChI=1S/C30H41N5O8/c1-30(2,3)43-29(41)32-19-12-16-34(17-13-19)15-6-4-5-14-31-24(37)18-42-22-9-7-8-20-25(22)28(40)35(27(20)39)21-10-11-23(36)33-26(21)38/h7-9,19,21H,4-6,10-18H2,1-3H3,(H,31,37)(H,32,41)(H,33,36,38). The minimum Gasteiger partial charge on any atom is -0.483 e. The first-order chi connectivity index (χ1) is 20.4. The molecule has 3 heterocycles. The lowest BCUT2D eigenvalue weighted by molar-refractivity contribution is -0.136. The molecule has 6 amide bonds. The van der Waals surface area contributed by atoms with E-state index in [9.17, 15) is 28.8 Å². The first kappa shape index (κ1) is 31.9. The molecule has 13 heteroatoms. The molecule has 0 radical (unpaired) electrons. The molecule has 0 aliphatic carbocycles. The summed E-state index contributed by atoms with van der Waals surface area (Å²) in [5, 5.41) is 7.93. The Hall–Kier alpha value is -4.00. The second-order valence-electron chi connectivity index (χ2n) is 12.1. The quantitative estimate of drug-likeness (QED) is 0.254. The number of benzene rings is 1. The van der Waals surface area contributed by atoms with Crippen LogP contribution in [0.15, 0.2) is 18.2 Å². The number of nitrogens with one attached hydrogen (secondary N) is 3. The van der Waals surface area contributed by atoms with Crippen LogP contribution in [0.3, 0.4) is 0 Å². The Morgan fingerprint density at radius 3 is 2.44 bits per heavy atom. The van der Waals surface area contributed by atoms with Crippen molar-refractivity contribution in [2.45, 2.75) is 83.4 Å². The lowest BCUT2D eigenvalue weighted by Gasteiger charge is -2.32. The monoisotopic (exact) mass is 599 g/mol. The zero-order valence-electron chi connectivity index (χ0n) is 25.0. The average molecular weight is 600 g/mol. The van der Waals surface area contributed by atoms with Crippen molar-refractivity contribution in [1.29, 1.82) is 0 Å². The first-order valence-electron chi connectivity index (χ1n) is 14.9. The van der Waals surface area contributed by atoms with E-state index < -0.39 is 35.3 Å². The molecule has 43 heavy (non-hydrogen) atoms. The van der Waals surface area contributed by atoms with Gasteiger partial charge >= 0.3 is 6.09 Å². The van der Waals surface area contributed by atoms with Crippen molar-refractivity contribution in [2.24, 2.45) is 0 Å². The van der Waals surface area contributed by atoms with Crippen LogP contribution < -0.4 is 20.7 Å². The minimum absolute atomic E-state index is 0.00894. The lowest BCUT2D eigenvalue weighted by atomic mass is 10.0. The number of piperidine rings is 2. The molecular formula is C30H41N5O8. The Kier molecular flexibility index (Phi) is 10.4. The fourth-order valence-electron chi connectivity index (χ4n) is 5.44. The summed E-state index contributed by atoms with van der Waals surface area (Å²) in [6, 6.07) is 3.57. The third-order valence-electron chi connectivity index (χ3n) is 7.57. The molecule has 234 valence electrons. The van der Waals surface area contributed by atoms with Gasteiger partial charge < -0.3 is 25.0 Å². The van der Waals surface area contributed by atoms with Crippen molar-refractivity contribution < 1.29 is 38.2 Å². The molecule has 2 fully saturated rings. The second-order valence-corrected chi connectivity index (χ2v) is 12.1. The maximum Gasteiger partial charge on any atom is 0.407 e. The number of carbonyl (C=O) groups is 6. The summed E-state index contributed by atoms with van der Waals surface area (Å²) >= 11 is 0. The Morgan fingerprint density at radius 2 is 1.74 bits per heavy atom. The molecule has 3 aliphatic rings. The van der Waals surface area contributed by atoms with Crippen molar-refractivity contribution in [3.8, 4) is 5.75 Å². The molecule has 3 N–H and O–H groups in total. The Morgan fingerprint density at radius 1 is 1.00 bits per heavy atom. The largest absolute Gasteiger partial charge is 0.483 e. The minimum atomic E-state index is -1.07. The molecule has 13 nitrogen and oxygen atoms in total. The van der Waals surface area contributed by atoms with E-state index in [0.717, 1.165) is 56.6 Å². The third kappa shape index (κ3) is 8.53. The van der Waals surface area contributed by atoms with Crippen molar-refractivity contribution >= 4 is 35.6 Å². The van der Waals surface area contributed by atoms with Crippen LogP contribution in [0.4, 0.5) is 4.79 Å². The van der Waals surface area contributed by atoms with Crippen LogP contribution in [0.25, 0.3) is 0 Å². The van der Waals surface area contributed by atoms with Gasteiger partial charge in [0.25, 0.3) is 17.7 Å². The third-order valence-corrected chi connectivity index (χ3v) is 7.57. The summed E-state index contributed by atoms with van der Waals surface area (Å²) in [6.45, 7) is 8.47. The number of hydrogen-bond acceptors (Lipinski definition) is 9. The van der Waals surface area contributed by atoms with Gasteiger partial charge in [-0.15, -0.1) is 0 Å². The SMILES string of the molecule is CC(C)(C)OC(=O)NC1CCN(CCCCCNC(=O)COc2cccc3c2C(=O)N(C2CCC(=O)NC2=O)C3=O)CC1. The van der Waals surface area contributed by atoms with Gasteiger partial charge in [0.15, 0.2) is 6.61 Å². The number of carbonyl (C=O) groups excluding carboxylic acids is 6. The normalized spacial score (nSPS) is 19.6. The number of rotatable bonds is 11.